The number of ketones is 1. The Balaban J connectivity index is 1.84. The Bertz CT molecular complexity index is 940. The van der Waals surface area contributed by atoms with Crippen LogP contribution in [-0.4, -0.2) is 59.0 Å². The number of aromatic nitrogens is 2. The number of carbonyl (C=O) groups excluding carboxylic acids is 1. The average Bonchev–Trinajstić information content (AvgIpc) is 3.37. The molecule has 0 saturated heterocycles. The highest BCUT2D eigenvalue weighted by atomic mass is 32.2. The molecule has 3 rings (SSSR count). The van der Waals surface area contributed by atoms with Crippen molar-refractivity contribution in [2.75, 3.05) is 13.1 Å². The van der Waals surface area contributed by atoms with Gasteiger partial charge in [0.2, 0.25) is 10.0 Å². The van der Waals surface area contributed by atoms with E-state index in [2.05, 4.69) is 5.10 Å². The first-order valence-electron chi connectivity index (χ1n) is 8.79. The molecule has 0 radical (unpaired) electrons. The molecule has 0 aliphatic heterocycles. The zero-order valence-electron chi connectivity index (χ0n) is 15.2. The molecule has 2 aromatic rings. The van der Waals surface area contributed by atoms with Crippen molar-refractivity contribution in [2.45, 2.75) is 43.2 Å². The maximum Gasteiger partial charge on any atom is 0.265 e. The first-order chi connectivity index (χ1) is 13.2. The normalized spacial score (nSPS) is 15.9. The summed E-state index contributed by atoms with van der Waals surface area (Å²) in [5, 5.41) is 13.6. The number of nitrogens with zero attached hydrogens (tertiary/aromatic N) is 3. The summed E-state index contributed by atoms with van der Waals surface area (Å²) >= 11 is 0. The zero-order chi connectivity index (χ0) is 20.5. The SMILES string of the molecule is Cc1ccc(S(=O)(=O)N(CC(=O)c2cnn(C3CC3)c2)CC(O)C(F)F)cc1. The van der Waals surface area contributed by atoms with Crippen molar-refractivity contribution in [3.63, 3.8) is 0 Å². The van der Waals surface area contributed by atoms with Gasteiger partial charge in [-0.15, -0.1) is 0 Å². The fraction of sp³-hybridized carbons (Fsp3) is 0.444. The van der Waals surface area contributed by atoms with E-state index in [9.17, 15) is 27.1 Å². The number of benzene rings is 1. The van der Waals surface area contributed by atoms with E-state index in [-0.39, 0.29) is 16.5 Å². The summed E-state index contributed by atoms with van der Waals surface area (Å²) in [6.45, 7) is 0.211. The van der Waals surface area contributed by atoms with Gasteiger partial charge in [0.25, 0.3) is 6.43 Å². The Morgan fingerprint density at radius 1 is 1.32 bits per heavy atom. The van der Waals surface area contributed by atoms with Gasteiger partial charge in [0.15, 0.2) is 5.78 Å². The highest BCUT2D eigenvalue weighted by molar-refractivity contribution is 7.89. The number of Topliss-reactive ketones (excluding diaryl/α,β-unsaturated/α-hetero) is 1. The highest BCUT2D eigenvalue weighted by Gasteiger charge is 2.32. The Kier molecular flexibility index (Phi) is 5.92. The van der Waals surface area contributed by atoms with E-state index >= 15 is 0 Å². The number of alkyl halides is 2. The third-order valence-electron chi connectivity index (χ3n) is 4.50. The van der Waals surface area contributed by atoms with Gasteiger partial charge in [-0.1, -0.05) is 17.7 Å². The standard InChI is InChI=1S/C18H21F2N3O4S/c1-12-2-6-15(7-3-12)28(26,27)22(11-17(25)18(19)20)10-16(24)13-8-21-23(9-13)14-4-5-14/h2-3,6-9,14,17-18,25H,4-5,10-11H2,1H3. The Morgan fingerprint density at radius 3 is 2.54 bits per heavy atom. The van der Waals surface area contributed by atoms with Crippen molar-refractivity contribution in [1.29, 1.82) is 0 Å². The number of aliphatic hydroxyl groups excluding tert-OH is 1. The minimum atomic E-state index is -4.25. The second-order valence-electron chi connectivity index (χ2n) is 6.88. The largest absolute Gasteiger partial charge is 0.386 e. The zero-order valence-corrected chi connectivity index (χ0v) is 16.0. The second kappa shape index (κ2) is 8.06. The molecular weight excluding hydrogens is 392 g/mol. The van der Waals surface area contributed by atoms with Crippen LogP contribution in [-0.2, 0) is 10.0 Å². The van der Waals surface area contributed by atoms with Crippen molar-refractivity contribution in [3.8, 4) is 0 Å². The van der Waals surface area contributed by atoms with Crippen LogP contribution in [0.5, 0.6) is 0 Å². The number of hydrogen-bond acceptors (Lipinski definition) is 5. The van der Waals surface area contributed by atoms with Crippen LogP contribution in [0.25, 0.3) is 0 Å². The predicted molar refractivity (Wildman–Crippen MR) is 96.8 cm³/mol. The summed E-state index contributed by atoms with van der Waals surface area (Å²) in [5.41, 5.74) is 1.02. The number of halogens is 2. The maximum absolute atomic E-state index is 12.9. The summed E-state index contributed by atoms with van der Waals surface area (Å²) in [5.74, 6) is -0.580. The summed E-state index contributed by atoms with van der Waals surface area (Å²) < 4.78 is 53.6. The van der Waals surface area contributed by atoms with Crippen LogP contribution in [0.15, 0.2) is 41.6 Å². The Labute approximate surface area is 161 Å². The second-order valence-corrected chi connectivity index (χ2v) is 8.81. The molecule has 1 N–H and O–H groups in total. The summed E-state index contributed by atoms with van der Waals surface area (Å²) in [4.78, 5) is 12.4. The minimum absolute atomic E-state index is 0.138. The number of hydrogen-bond donors (Lipinski definition) is 1. The molecule has 10 heteroatoms. The summed E-state index contributed by atoms with van der Waals surface area (Å²) in [6.07, 6.45) is -0.556. The van der Waals surface area contributed by atoms with Crippen LogP contribution >= 0.6 is 0 Å². The van der Waals surface area contributed by atoms with Gasteiger partial charge in [-0.05, 0) is 31.9 Å². The monoisotopic (exact) mass is 413 g/mol. The number of sulfonamides is 1. The molecule has 1 fully saturated rings. The van der Waals surface area contributed by atoms with E-state index < -0.39 is 41.4 Å². The maximum atomic E-state index is 12.9. The van der Waals surface area contributed by atoms with Gasteiger partial charge < -0.3 is 5.11 Å². The molecule has 1 aliphatic rings. The van der Waals surface area contributed by atoms with Crippen LogP contribution in [0.2, 0.25) is 0 Å². The van der Waals surface area contributed by atoms with Gasteiger partial charge in [-0.25, -0.2) is 17.2 Å². The van der Waals surface area contributed by atoms with E-state index in [1.807, 2.05) is 0 Å². The highest BCUT2D eigenvalue weighted by Crippen LogP contribution is 2.34. The van der Waals surface area contributed by atoms with Crippen LogP contribution < -0.4 is 0 Å². The molecule has 1 aromatic heterocycles. The predicted octanol–water partition coefficient (Wildman–Crippen LogP) is 2.03. The first kappa shape index (κ1) is 20.6. The van der Waals surface area contributed by atoms with Gasteiger partial charge in [-0.2, -0.15) is 9.40 Å². The van der Waals surface area contributed by atoms with Crippen LogP contribution in [0.1, 0.15) is 34.8 Å². The van der Waals surface area contributed by atoms with Crippen LogP contribution in [0.4, 0.5) is 8.78 Å². The minimum Gasteiger partial charge on any atom is -0.386 e. The lowest BCUT2D eigenvalue weighted by molar-refractivity contribution is -0.0124. The van der Waals surface area contributed by atoms with Gasteiger partial charge >= 0.3 is 0 Å². The molecule has 28 heavy (non-hydrogen) atoms. The lowest BCUT2D eigenvalue weighted by atomic mass is 10.2. The van der Waals surface area contributed by atoms with Gasteiger partial charge in [0, 0.05) is 12.7 Å². The topological polar surface area (TPSA) is 92.5 Å². The van der Waals surface area contributed by atoms with Crippen molar-refractivity contribution in [1.82, 2.24) is 14.1 Å². The van der Waals surface area contributed by atoms with Crippen molar-refractivity contribution in [3.05, 3.63) is 47.8 Å². The van der Waals surface area contributed by atoms with E-state index in [4.69, 9.17) is 0 Å². The fourth-order valence-corrected chi connectivity index (χ4v) is 4.08. The van der Waals surface area contributed by atoms with Crippen molar-refractivity contribution < 1.29 is 27.1 Å². The van der Waals surface area contributed by atoms with E-state index in [1.165, 1.54) is 24.5 Å². The molecule has 1 aromatic carbocycles. The molecule has 152 valence electrons. The molecule has 0 amide bonds. The number of aryl methyl sites for hydroxylation is 1. The quantitative estimate of drug-likeness (QED) is 0.635. The molecule has 7 nitrogen and oxygen atoms in total. The van der Waals surface area contributed by atoms with Gasteiger partial charge in [0.1, 0.15) is 6.10 Å². The molecule has 0 spiro atoms. The Morgan fingerprint density at radius 2 is 1.96 bits per heavy atom. The number of rotatable bonds is 9. The third-order valence-corrected chi connectivity index (χ3v) is 6.33. The number of aliphatic hydroxyl groups is 1. The lowest BCUT2D eigenvalue weighted by Gasteiger charge is -2.24. The van der Waals surface area contributed by atoms with E-state index in [0.29, 0.717) is 4.31 Å². The van der Waals surface area contributed by atoms with Gasteiger partial charge in [0.05, 0.1) is 29.2 Å². The summed E-state index contributed by atoms with van der Waals surface area (Å²) in [6, 6.07) is 6.05. The van der Waals surface area contributed by atoms with Crippen LogP contribution in [0, 0.1) is 6.92 Å². The smallest absolute Gasteiger partial charge is 0.265 e. The first-order valence-corrected chi connectivity index (χ1v) is 10.2. The molecular formula is C18H21F2N3O4S. The van der Waals surface area contributed by atoms with E-state index in [0.717, 1.165) is 18.4 Å². The number of carbonyl (C=O) groups is 1. The molecule has 1 saturated carbocycles. The lowest BCUT2D eigenvalue weighted by Crippen LogP contribution is -2.42. The van der Waals surface area contributed by atoms with Crippen molar-refractivity contribution >= 4 is 15.8 Å². The fourth-order valence-electron chi connectivity index (χ4n) is 2.67. The molecule has 1 aliphatic carbocycles. The average molecular weight is 413 g/mol. The molecule has 1 heterocycles. The molecule has 1 atom stereocenters. The molecule has 1 unspecified atom stereocenters. The van der Waals surface area contributed by atoms with E-state index in [1.54, 1.807) is 23.7 Å². The van der Waals surface area contributed by atoms with Crippen LogP contribution in [0.3, 0.4) is 0 Å². The Hall–Kier alpha value is -2.17. The van der Waals surface area contributed by atoms with Crippen molar-refractivity contribution in [2.24, 2.45) is 0 Å². The molecule has 0 bridgehead atoms. The summed E-state index contributed by atoms with van der Waals surface area (Å²) in [7, 11) is -4.25. The third kappa shape index (κ3) is 4.62. The van der Waals surface area contributed by atoms with Gasteiger partial charge in [-0.3, -0.25) is 9.48 Å².